The molecule has 0 aromatic heterocycles. The van der Waals surface area contributed by atoms with Crippen LogP contribution in [-0.4, -0.2) is 35.3 Å². The van der Waals surface area contributed by atoms with E-state index in [1.165, 1.54) is 4.90 Å². The van der Waals surface area contributed by atoms with Crippen LogP contribution in [0, 0.1) is 0 Å². The molecule has 0 unspecified atom stereocenters. The molecule has 0 spiro atoms. The van der Waals surface area contributed by atoms with Gasteiger partial charge in [0.1, 0.15) is 16.5 Å². The Bertz CT molecular complexity index is 1070. The van der Waals surface area contributed by atoms with Crippen LogP contribution in [0.4, 0.5) is 11.4 Å². The molecule has 2 N–H and O–H groups in total. The largest absolute Gasteiger partial charge is 0.494 e. The fourth-order valence-electron chi connectivity index (χ4n) is 4.15. The van der Waals surface area contributed by atoms with Crippen molar-refractivity contribution in [1.29, 1.82) is 0 Å². The van der Waals surface area contributed by atoms with Crippen molar-refractivity contribution in [3.8, 4) is 5.75 Å². The Morgan fingerprint density at radius 3 is 2.24 bits per heavy atom. The molecule has 2 aromatic rings. The molecule has 172 valence electrons. The predicted molar refractivity (Wildman–Crippen MR) is 127 cm³/mol. The van der Waals surface area contributed by atoms with Crippen LogP contribution in [0.3, 0.4) is 0 Å². The number of rotatable bonds is 7. The molecule has 0 radical (unpaired) electrons. The summed E-state index contributed by atoms with van der Waals surface area (Å²) in [6.07, 6.45) is 4.75. The number of carbonyl (C=O) groups is 3. The van der Waals surface area contributed by atoms with Crippen molar-refractivity contribution in [2.24, 2.45) is 0 Å². The number of anilines is 2. The normalized spacial score (nSPS) is 16.8. The van der Waals surface area contributed by atoms with Gasteiger partial charge in [-0.15, -0.1) is 0 Å². The van der Waals surface area contributed by atoms with Gasteiger partial charge >= 0.3 is 0 Å². The maximum Gasteiger partial charge on any atom is 0.279 e. The van der Waals surface area contributed by atoms with Crippen molar-refractivity contribution in [2.45, 2.75) is 45.1 Å². The molecule has 33 heavy (non-hydrogen) atoms. The van der Waals surface area contributed by atoms with Crippen molar-refractivity contribution in [2.75, 3.05) is 17.2 Å². The first-order chi connectivity index (χ1) is 16.0. The lowest BCUT2D eigenvalue weighted by molar-refractivity contribution is -0.140. The molecule has 8 heteroatoms. The van der Waals surface area contributed by atoms with Crippen LogP contribution in [0.15, 0.2) is 59.3 Å². The minimum Gasteiger partial charge on any atom is -0.494 e. The summed E-state index contributed by atoms with van der Waals surface area (Å²) in [5.41, 5.74) is 1.75. The van der Waals surface area contributed by atoms with Crippen LogP contribution in [0.2, 0.25) is 0 Å². The van der Waals surface area contributed by atoms with Gasteiger partial charge in [-0.1, -0.05) is 30.9 Å². The average Bonchev–Trinajstić information content (AvgIpc) is 3.04. The molecule has 2 aliphatic rings. The van der Waals surface area contributed by atoms with Gasteiger partial charge in [0.2, 0.25) is 0 Å². The number of hydrogen-bond donors (Lipinski definition) is 2. The highest BCUT2D eigenvalue weighted by Gasteiger charge is 2.42. The minimum atomic E-state index is -0.442. The monoisotopic (exact) mass is 467 g/mol. The van der Waals surface area contributed by atoms with E-state index in [4.69, 9.17) is 16.3 Å². The first kappa shape index (κ1) is 22.9. The zero-order valence-corrected chi connectivity index (χ0v) is 19.2. The van der Waals surface area contributed by atoms with Crippen LogP contribution in [0.1, 0.15) is 49.4 Å². The number of carbonyl (C=O) groups excluding carboxylic acids is 3. The van der Waals surface area contributed by atoms with Crippen LogP contribution < -0.4 is 15.4 Å². The van der Waals surface area contributed by atoms with E-state index >= 15 is 0 Å². The quantitative estimate of drug-likeness (QED) is 0.565. The number of halogens is 1. The van der Waals surface area contributed by atoms with E-state index in [0.717, 1.165) is 37.9 Å². The third-order valence-corrected chi connectivity index (χ3v) is 6.19. The Morgan fingerprint density at radius 2 is 1.61 bits per heavy atom. The van der Waals surface area contributed by atoms with Gasteiger partial charge in [-0.3, -0.25) is 19.3 Å². The number of imide groups is 1. The molecule has 3 amide bonds. The summed E-state index contributed by atoms with van der Waals surface area (Å²) < 4.78 is 5.40. The highest BCUT2D eigenvalue weighted by molar-refractivity contribution is 6.48. The molecule has 1 aliphatic carbocycles. The van der Waals surface area contributed by atoms with Gasteiger partial charge < -0.3 is 15.4 Å². The van der Waals surface area contributed by atoms with Gasteiger partial charge in [-0.05, 0) is 68.3 Å². The number of nitrogens with one attached hydrogen (secondary N) is 2. The maximum atomic E-state index is 12.9. The molecule has 1 saturated carbocycles. The van der Waals surface area contributed by atoms with E-state index in [9.17, 15) is 14.4 Å². The van der Waals surface area contributed by atoms with Crippen LogP contribution in [0.5, 0.6) is 5.75 Å². The standard InChI is InChI=1S/C25H26ClN3O4/c1-2-33-20-14-12-18(13-15-20)28-23(30)16-8-10-17(11-9-16)27-22-21(26)24(31)29(25(22)32)19-6-4-3-5-7-19/h8-15,19,27H,2-7H2,1H3,(H,28,30). The van der Waals surface area contributed by atoms with E-state index in [1.54, 1.807) is 48.5 Å². The van der Waals surface area contributed by atoms with Gasteiger partial charge in [0.15, 0.2) is 0 Å². The minimum absolute atomic E-state index is 0.0822. The van der Waals surface area contributed by atoms with Crippen LogP contribution in [0.25, 0.3) is 0 Å². The lowest BCUT2D eigenvalue weighted by atomic mass is 9.94. The van der Waals surface area contributed by atoms with E-state index in [1.807, 2.05) is 6.92 Å². The van der Waals surface area contributed by atoms with Crippen molar-refractivity contribution >= 4 is 40.7 Å². The summed E-state index contributed by atoms with van der Waals surface area (Å²) >= 11 is 6.22. The topological polar surface area (TPSA) is 87.7 Å². The Labute approximate surface area is 197 Å². The van der Waals surface area contributed by atoms with Gasteiger partial charge in [0.25, 0.3) is 17.7 Å². The maximum absolute atomic E-state index is 12.9. The van der Waals surface area contributed by atoms with Crippen molar-refractivity contribution in [3.05, 3.63) is 64.8 Å². The first-order valence-electron chi connectivity index (χ1n) is 11.2. The summed E-state index contributed by atoms with van der Waals surface area (Å²) in [5.74, 6) is -0.365. The third-order valence-electron chi connectivity index (χ3n) is 5.84. The lowest BCUT2D eigenvalue weighted by Crippen LogP contribution is -2.42. The molecule has 0 bridgehead atoms. The number of hydrogen-bond acceptors (Lipinski definition) is 5. The molecule has 0 saturated heterocycles. The van der Waals surface area contributed by atoms with Gasteiger partial charge in [-0.2, -0.15) is 0 Å². The van der Waals surface area contributed by atoms with Crippen LogP contribution in [-0.2, 0) is 9.59 Å². The van der Waals surface area contributed by atoms with E-state index in [2.05, 4.69) is 10.6 Å². The van der Waals surface area contributed by atoms with E-state index < -0.39 is 11.8 Å². The Morgan fingerprint density at radius 1 is 0.970 bits per heavy atom. The molecule has 1 heterocycles. The molecule has 2 aromatic carbocycles. The summed E-state index contributed by atoms with van der Waals surface area (Å²) in [6.45, 7) is 2.48. The summed E-state index contributed by atoms with van der Waals surface area (Å²) in [4.78, 5) is 39.3. The lowest BCUT2D eigenvalue weighted by Gasteiger charge is -2.29. The molecule has 1 fully saturated rings. The molecule has 4 rings (SSSR count). The number of amides is 3. The third kappa shape index (κ3) is 5.03. The second-order valence-electron chi connectivity index (χ2n) is 8.07. The molecule has 7 nitrogen and oxygen atoms in total. The van der Waals surface area contributed by atoms with Gasteiger partial charge in [0, 0.05) is 23.0 Å². The molecular formula is C25H26ClN3O4. The fraction of sp³-hybridized carbons (Fsp3) is 0.320. The van der Waals surface area contributed by atoms with E-state index in [0.29, 0.717) is 23.5 Å². The van der Waals surface area contributed by atoms with Crippen LogP contribution >= 0.6 is 11.6 Å². The van der Waals surface area contributed by atoms with Crippen molar-refractivity contribution < 1.29 is 19.1 Å². The molecule has 0 atom stereocenters. The first-order valence-corrected chi connectivity index (χ1v) is 11.5. The second kappa shape index (κ2) is 10.1. The zero-order valence-electron chi connectivity index (χ0n) is 18.4. The summed E-state index contributed by atoms with van der Waals surface area (Å²) in [6, 6.07) is 13.7. The number of benzene rings is 2. The van der Waals surface area contributed by atoms with Gasteiger partial charge in [0.05, 0.1) is 6.61 Å². The van der Waals surface area contributed by atoms with Gasteiger partial charge in [-0.25, -0.2) is 0 Å². The Hall–Kier alpha value is -3.32. The zero-order chi connectivity index (χ0) is 23.4. The van der Waals surface area contributed by atoms with E-state index in [-0.39, 0.29) is 22.7 Å². The Balaban J connectivity index is 1.40. The average molecular weight is 468 g/mol. The summed E-state index contributed by atoms with van der Waals surface area (Å²) in [7, 11) is 0. The molecule has 1 aliphatic heterocycles. The predicted octanol–water partition coefficient (Wildman–Crippen LogP) is 4.90. The highest BCUT2D eigenvalue weighted by Crippen LogP contribution is 2.32. The van der Waals surface area contributed by atoms with Crippen molar-refractivity contribution in [3.63, 3.8) is 0 Å². The number of nitrogens with zero attached hydrogens (tertiary/aromatic N) is 1. The fourth-order valence-corrected chi connectivity index (χ4v) is 4.37. The molecular weight excluding hydrogens is 442 g/mol. The number of ether oxygens (including phenoxy) is 1. The Kier molecular flexibility index (Phi) is 6.99. The SMILES string of the molecule is CCOc1ccc(NC(=O)c2ccc(NC3=C(Cl)C(=O)N(C4CCCCC4)C3=O)cc2)cc1. The van der Waals surface area contributed by atoms with Crippen molar-refractivity contribution in [1.82, 2.24) is 4.90 Å². The summed E-state index contributed by atoms with van der Waals surface area (Å²) in [5, 5.41) is 5.70. The highest BCUT2D eigenvalue weighted by atomic mass is 35.5. The smallest absolute Gasteiger partial charge is 0.279 e. The second-order valence-corrected chi connectivity index (χ2v) is 8.45.